The van der Waals surface area contributed by atoms with Gasteiger partial charge in [-0.1, -0.05) is 13.8 Å². The van der Waals surface area contributed by atoms with E-state index in [1.165, 1.54) is 11.3 Å². The summed E-state index contributed by atoms with van der Waals surface area (Å²) < 4.78 is 1.87. The van der Waals surface area contributed by atoms with Gasteiger partial charge in [0.15, 0.2) is 0 Å². The molecule has 1 aromatic rings. The van der Waals surface area contributed by atoms with Gasteiger partial charge in [-0.2, -0.15) is 0 Å². The summed E-state index contributed by atoms with van der Waals surface area (Å²) in [4.78, 5) is 0.887. The molecule has 1 rings (SSSR count). The molecule has 0 aromatic carbocycles. The molecule has 0 spiro atoms. The van der Waals surface area contributed by atoms with Crippen LogP contribution >= 0.6 is 55.6 Å². The molecular weight excluding hydrogens is 365 g/mol. The van der Waals surface area contributed by atoms with Gasteiger partial charge >= 0.3 is 0 Å². The Bertz CT molecular complexity index is 319. The van der Waals surface area contributed by atoms with Crippen molar-refractivity contribution in [1.29, 1.82) is 0 Å². The van der Waals surface area contributed by atoms with E-state index in [1.54, 1.807) is 0 Å². The summed E-state index contributed by atoms with van der Waals surface area (Å²) in [5.41, 5.74) is 5.89. The minimum absolute atomic E-state index is 0. The van der Waals surface area contributed by atoms with Crippen molar-refractivity contribution in [3.05, 3.63) is 19.2 Å². The Hall–Kier alpha value is 0.870. The zero-order valence-corrected chi connectivity index (χ0v) is 13.2. The lowest BCUT2D eigenvalue weighted by atomic mass is 9.99. The molecule has 0 saturated carbocycles. The molecule has 0 radical (unpaired) electrons. The van der Waals surface area contributed by atoms with E-state index >= 15 is 0 Å². The Morgan fingerprint density at radius 3 is 2.27 bits per heavy atom. The van der Waals surface area contributed by atoms with E-state index in [0.29, 0.717) is 0 Å². The monoisotopic (exact) mass is 377 g/mol. The fourth-order valence-electron chi connectivity index (χ4n) is 1.08. The summed E-state index contributed by atoms with van der Waals surface area (Å²) in [6.45, 7) is 4.01. The minimum Gasteiger partial charge on any atom is -0.386 e. The van der Waals surface area contributed by atoms with E-state index in [0.717, 1.165) is 13.8 Å². The highest BCUT2D eigenvalue weighted by molar-refractivity contribution is 9.13. The summed E-state index contributed by atoms with van der Waals surface area (Å²) in [5, 5.41) is 11.9. The molecule has 0 fully saturated rings. The van der Waals surface area contributed by atoms with Gasteiger partial charge in [-0.25, -0.2) is 0 Å². The highest BCUT2D eigenvalue weighted by atomic mass is 79.9. The maximum atomic E-state index is 9.99. The highest BCUT2D eigenvalue weighted by Crippen LogP contribution is 2.38. The summed E-state index contributed by atoms with van der Waals surface area (Å²) in [6, 6.07) is -0.225. The van der Waals surface area contributed by atoms with Gasteiger partial charge in [0.25, 0.3) is 0 Å². The van der Waals surface area contributed by atoms with Crippen LogP contribution in [-0.2, 0) is 0 Å². The summed E-state index contributed by atoms with van der Waals surface area (Å²) in [5.74, 6) is 0.262. The number of rotatable bonds is 3. The number of nitrogens with two attached hydrogens (primary N) is 1. The Morgan fingerprint density at radius 1 is 1.40 bits per heavy atom. The van der Waals surface area contributed by atoms with Crippen molar-refractivity contribution in [2.24, 2.45) is 11.7 Å². The first kappa shape index (κ1) is 15.9. The third kappa shape index (κ3) is 3.68. The van der Waals surface area contributed by atoms with Crippen LogP contribution in [0.25, 0.3) is 0 Å². The Balaban J connectivity index is 0.00000196. The number of thiophene rings is 1. The lowest BCUT2D eigenvalue weighted by Crippen LogP contribution is -2.33. The second kappa shape index (κ2) is 6.57. The fraction of sp³-hybridized carbons (Fsp3) is 0.556. The van der Waals surface area contributed by atoms with Gasteiger partial charge < -0.3 is 10.8 Å². The third-order valence-corrected chi connectivity index (χ3v) is 5.75. The van der Waals surface area contributed by atoms with Crippen LogP contribution in [0.4, 0.5) is 0 Å². The van der Waals surface area contributed by atoms with Gasteiger partial charge in [0, 0.05) is 20.4 Å². The van der Waals surface area contributed by atoms with Gasteiger partial charge in [-0.15, -0.1) is 23.7 Å². The van der Waals surface area contributed by atoms with Gasteiger partial charge in [0.1, 0.15) is 6.10 Å². The van der Waals surface area contributed by atoms with Gasteiger partial charge in [-0.3, -0.25) is 0 Å². The molecule has 15 heavy (non-hydrogen) atoms. The van der Waals surface area contributed by atoms with Crippen molar-refractivity contribution in [3.63, 3.8) is 0 Å². The van der Waals surface area contributed by atoms with Crippen molar-refractivity contribution < 1.29 is 5.11 Å². The minimum atomic E-state index is -0.597. The molecule has 0 aliphatic rings. The fourth-order valence-corrected chi connectivity index (χ4v) is 3.34. The number of halogens is 3. The highest BCUT2D eigenvalue weighted by Gasteiger charge is 2.24. The molecule has 6 heteroatoms. The SMILES string of the molecule is CC(C)C(N)C(O)c1scc(Br)c1Br.Cl. The van der Waals surface area contributed by atoms with Gasteiger partial charge in [0.05, 0.1) is 4.88 Å². The molecule has 1 heterocycles. The molecule has 0 amide bonds. The summed E-state index contributed by atoms with van der Waals surface area (Å²) in [6.07, 6.45) is -0.597. The molecule has 88 valence electrons. The Labute approximate surface area is 117 Å². The first-order chi connectivity index (χ1) is 6.45. The van der Waals surface area contributed by atoms with E-state index in [-0.39, 0.29) is 24.4 Å². The van der Waals surface area contributed by atoms with Crippen LogP contribution in [0, 0.1) is 5.92 Å². The smallest absolute Gasteiger partial charge is 0.105 e. The van der Waals surface area contributed by atoms with Crippen LogP contribution in [0.5, 0.6) is 0 Å². The molecule has 0 bridgehead atoms. The molecule has 3 N–H and O–H groups in total. The molecule has 0 aliphatic carbocycles. The van der Waals surface area contributed by atoms with Crippen LogP contribution < -0.4 is 5.73 Å². The van der Waals surface area contributed by atoms with Crippen LogP contribution in [0.3, 0.4) is 0 Å². The van der Waals surface area contributed by atoms with E-state index in [4.69, 9.17) is 5.73 Å². The third-order valence-electron chi connectivity index (χ3n) is 2.12. The lowest BCUT2D eigenvalue weighted by Gasteiger charge is -2.21. The number of aliphatic hydroxyl groups excluding tert-OH is 1. The maximum absolute atomic E-state index is 9.99. The molecule has 2 unspecified atom stereocenters. The zero-order valence-electron chi connectivity index (χ0n) is 8.41. The van der Waals surface area contributed by atoms with Crippen LogP contribution in [-0.4, -0.2) is 11.1 Å². The molecule has 1 aromatic heterocycles. The molecule has 0 saturated heterocycles. The Kier molecular flexibility index (Phi) is 6.95. The van der Waals surface area contributed by atoms with Crippen molar-refractivity contribution in [2.45, 2.75) is 26.0 Å². The van der Waals surface area contributed by atoms with Crippen molar-refractivity contribution in [3.8, 4) is 0 Å². The molecule has 2 nitrogen and oxygen atoms in total. The quantitative estimate of drug-likeness (QED) is 0.841. The first-order valence-corrected chi connectivity index (χ1v) is 6.77. The summed E-state index contributed by atoms with van der Waals surface area (Å²) >= 11 is 8.30. The van der Waals surface area contributed by atoms with Crippen molar-refractivity contribution in [1.82, 2.24) is 0 Å². The van der Waals surface area contributed by atoms with Gasteiger partial charge in [0.2, 0.25) is 0 Å². The predicted octanol–water partition coefficient (Wildman–Crippen LogP) is 3.71. The summed E-state index contributed by atoms with van der Waals surface area (Å²) in [7, 11) is 0. The van der Waals surface area contributed by atoms with Crippen molar-refractivity contribution in [2.75, 3.05) is 0 Å². The number of hydrogen-bond acceptors (Lipinski definition) is 3. The second-order valence-corrected chi connectivity index (χ2v) is 6.09. The van der Waals surface area contributed by atoms with E-state index in [1.807, 2.05) is 19.2 Å². The lowest BCUT2D eigenvalue weighted by molar-refractivity contribution is 0.128. The van der Waals surface area contributed by atoms with Crippen LogP contribution in [0.1, 0.15) is 24.8 Å². The second-order valence-electron chi connectivity index (χ2n) is 3.53. The standard InChI is InChI=1S/C9H13Br2NOS.ClH/c1-4(2)7(12)8(13)9-6(11)5(10)3-14-9;/h3-4,7-8,13H,12H2,1-2H3;1H. The molecular formula is C9H14Br2ClNOS. The van der Waals surface area contributed by atoms with E-state index < -0.39 is 6.10 Å². The average Bonchev–Trinajstić information content (AvgIpc) is 2.45. The maximum Gasteiger partial charge on any atom is 0.105 e. The number of aliphatic hydroxyl groups is 1. The molecule has 2 atom stereocenters. The van der Waals surface area contributed by atoms with Crippen LogP contribution in [0.15, 0.2) is 14.3 Å². The molecule has 0 aliphatic heterocycles. The Morgan fingerprint density at radius 2 is 1.93 bits per heavy atom. The van der Waals surface area contributed by atoms with Gasteiger partial charge in [-0.05, 0) is 37.8 Å². The number of hydrogen-bond donors (Lipinski definition) is 2. The normalized spacial score (nSPS) is 14.9. The van der Waals surface area contributed by atoms with Crippen LogP contribution in [0.2, 0.25) is 0 Å². The topological polar surface area (TPSA) is 46.2 Å². The predicted molar refractivity (Wildman–Crippen MR) is 74.7 cm³/mol. The van der Waals surface area contributed by atoms with E-state index in [9.17, 15) is 5.11 Å². The average molecular weight is 380 g/mol. The largest absolute Gasteiger partial charge is 0.386 e. The first-order valence-electron chi connectivity index (χ1n) is 4.31. The van der Waals surface area contributed by atoms with E-state index in [2.05, 4.69) is 31.9 Å². The zero-order chi connectivity index (χ0) is 10.9. The van der Waals surface area contributed by atoms with Crippen molar-refractivity contribution >= 4 is 55.6 Å².